The number of rotatable bonds is 1. The molecule has 0 aliphatic heterocycles. The van der Waals surface area contributed by atoms with Gasteiger partial charge < -0.3 is 17.1 Å². The minimum absolute atomic E-state index is 0. The lowest BCUT2D eigenvalue weighted by Gasteiger charge is -1.96. The molecule has 0 spiro atoms. The monoisotopic (exact) mass is 151 g/mol. The van der Waals surface area contributed by atoms with Crippen LogP contribution in [0.2, 0.25) is 0 Å². The van der Waals surface area contributed by atoms with Crippen LogP contribution in [-0.2, 0) is 4.74 Å². The van der Waals surface area contributed by atoms with E-state index in [-0.39, 0.29) is 12.4 Å². The van der Waals surface area contributed by atoms with Gasteiger partial charge in [0.2, 0.25) is 0 Å². The third-order valence-electron chi connectivity index (χ3n) is 0.983. The maximum Gasteiger partial charge on any atom is 0.332 e. The molecular weight excluding hydrogens is 138 g/mol. The molecule has 0 radical (unpaired) electrons. The lowest BCUT2D eigenvalue weighted by atomic mass is 10.7. The number of halogens is 1. The van der Waals surface area contributed by atoms with Gasteiger partial charge in [0.05, 0.1) is 13.5 Å². The van der Waals surface area contributed by atoms with Crippen molar-refractivity contribution in [2.24, 2.45) is 0 Å². The Morgan fingerprint density at radius 1 is 1.44 bits per heavy atom. The molecule has 0 aromatic rings. The summed E-state index contributed by atoms with van der Waals surface area (Å²) in [4.78, 5) is 0. The van der Waals surface area contributed by atoms with Crippen LogP contribution in [0.25, 0.3) is 0 Å². The molecule has 0 unspecified atom stereocenters. The second-order valence-corrected chi connectivity index (χ2v) is 1.85. The van der Waals surface area contributed by atoms with Gasteiger partial charge in [0.15, 0.2) is 0 Å². The van der Waals surface area contributed by atoms with Gasteiger partial charge in [-0.2, -0.15) is 0 Å². The molecule has 3 heteroatoms. The summed E-state index contributed by atoms with van der Waals surface area (Å²) in [6.07, 6.45) is 0. The van der Waals surface area contributed by atoms with E-state index in [2.05, 4.69) is 0 Å². The topological polar surface area (TPSA) is 12.2 Å². The molecule has 0 aromatic carbocycles. The molecule has 0 atom stereocenters. The first-order valence-electron chi connectivity index (χ1n) is 2.82. The average molecular weight is 152 g/mol. The molecule has 0 N–H and O–H groups in total. The lowest BCUT2D eigenvalue weighted by Crippen LogP contribution is -3.00. The normalized spacial score (nSPS) is 7.56. The molecule has 0 rings (SSSR count). The quantitative estimate of drug-likeness (QED) is 0.234. The molecule has 0 amide bonds. The van der Waals surface area contributed by atoms with Gasteiger partial charge in [-0.3, -0.25) is 0 Å². The number of ether oxygens (including phenoxy) is 1. The predicted molar refractivity (Wildman–Crippen MR) is 34.4 cm³/mol. The van der Waals surface area contributed by atoms with Crippen molar-refractivity contribution in [1.29, 1.82) is 0 Å². The van der Waals surface area contributed by atoms with Crippen molar-refractivity contribution in [3.05, 3.63) is 0 Å². The Hall–Kier alpha value is -0.240. The van der Waals surface area contributed by atoms with Crippen LogP contribution in [0.1, 0.15) is 13.8 Å². The van der Waals surface area contributed by atoms with E-state index < -0.39 is 0 Å². The van der Waals surface area contributed by atoms with E-state index >= 15 is 0 Å². The van der Waals surface area contributed by atoms with Crippen molar-refractivity contribution >= 4 is 5.90 Å². The summed E-state index contributed by atoms with van der Waals surface area (Å²) in [7, 11) is 3.93. The number of nitrogens with zero attached hydrogens (tertiary/aromatic N) is 1. The molecule has 0 aliphatic carbocycles. The van der Waals surface area contributed by atoms with E-state index in [1.165, 1.54) is 0 Å². The van der Waals surface area contributed by atoms with Gasteiger partial charge in [-0.1, -0.05) is 0 Å². The molecular formula is C6H14ClNO. The van der Waals surface area contributed by atoms with Crippen LogP contribution >= 0.6 is 0 Å². The van der Waals surface area contributed by atoms with E-state index in [0.717, 1.165) is 12.5 Å². The molecule has 2 nitrogen and oxygen atoms in total. The SMILES string of the molecule is CCOC(C)=[N+](C)C.[Cl-]. The Morgan fingerprint density at radius 3 is 2.00 bits per heavy atom. The molecule has 56 valence electrons. The Morgan fingerprint density at radius 2 is 1.89 bits per heavy atom. The smallest absolute Gasteiger partial charge is 0.332 e. The summed E-state index contributed by atoms with van der Waals surface area (Å²) in [5, 5.41) is 0. The summed E-state index contributed by atoms with van der Waals surface area (Å²) in [5.74, 6) is 0.965. The minimum atomic E-state index is 0. The van der Waals surface area contributed by atoms with Crippen LogP contribution in [0.4, 0.5) is 0 Å². The van der Waals surface area contributed by atoms with Crippen molar-refractivity contribution < 1.29 is 21.7 Å². The summed E-state index contributed by atoms with van der Waals surface area (Å²) < 4.78 is 7.09. The first-order chi connectivity index (χ1) is 3.68. The third-order valence-corrected chi connectivity index (χ3v) is 0.983. The van der Waals surface area contributed by atoms with Gasteiger partial charge in [0.25, 0.3) is 0 Å². The van der Waals surface area contributed by atoms with Gasteiger partial charge in [-0.05, 0) is 6.92 Å². The summed E-state index contributed by atoms with van der Waals surface area (Å²) in [5.41, 5.74) is 0. The average Bonchev–Trinajstić information content (AvgIpc) is 1.67. The molecule has 0 heterocycles. The minimum Gasteiger partial charge on any atom is -1.00 e. The molecule has 0 aliphatic rings. The van der Waals surface area contributed by atoms with Crippen molar-refractivity contribution in [2.75, 3.05) is 20.7 Å². The Labute approximate surface area is 62.9 Å². The molecule has 0 saturated carbocycles. The fourth-order valence-corrected chi connectivity index (χ4v) is 0.338. The maximum atomic E-state index is 5.15. The van der Waals surface area contributed by atoms with Gasteiger partial charge in [-0.25, -0.2) is 4.58 Å². The highest BCUT2D eigenvalue weighted by Gasteiger charge is 1.95. The highest BCUT2D eigenvalue weighted by atomic mass is 35.5. The Kier molecular flexibility index (Phi) is 7.55. The molecule has 0 saturated heterocycles. The highest BCUT2D eigenvalue weighted by molar-refractivity contribution is 5.67. The van der Waals surface area contributed by atoms with Gasteiger partial charge in [-0.15, -0.1) is 0 Å². The molecule has 0 fully saturated rings. The second-order valence-electron chi connectivity index (χ2n) is 1.85. The van der Waals surface area contributed by atoms with Gasteiger partial charge in [0.1, 0.15) is 14.1 Å². The maximum absolute atomic E-state index is 5.15. The second kappa shape index (κ2) is 5.89. The van der Waals surface area contributed by atoms with Gasteiger partial charge >= 0.3 is 5.90 Å². The van der Waals surface area contributed by atoms with Crippen molar-refractivity contribution in [1.82, 2.24) is 0 Å². The summed E-state index contributed by atoms with van der Waals surface area (Å²) >= 11 is 0. The first-order valence-corrected chi connectivity index (χ1v) is 2.82. The fourth-order valence-electron chi connectivity index (χ4n) is 0.338. The van der Waals surface area contributed by atoms with Crippen LogP contribution in [0, 0.1) is 0 Å². The fraction of sp³-hybridized carbons (Fsp3) is 0.833. The number of hydrogen-bond acceptors (Lipinski definition) is 1. The van der Waals surface area contributed by atoms with Crippen LogP contribution < -0.4 is 12.4 Å². The molecule has 0 bridgehead atoms. The largest absolute Gasteiger partial charge is 1.00 e. The van der Waals surface area contributed by atoms with Crippen molar-refractivity contribution in [3.8, 4) is 0 Å². The molecule has 9 heavy (non-hydrogen) atoms. The molecule has 0 aromatic heterocycles. The number of hydrogen-bond donors (Lipinski definition) is 0. The zero-order valence-electron chi connectivity index (χ0n) is 6.44. The van der Waals surface area contributed by atoms with E-state index in [9.17, 15) is 0 Å². The summed E-state index contributed by atoms with van der Waals surface area (Å²) in [6, 6.07) is 0. The van der Waals surface area contributed by atoms with Crippen LogP contribution in [0.5, 0.6) is 0 Å². The summed E-state index contributed by atoms with van der Waals surface area (Å²) in [6.45, 7) is 4.68. The van der Waals surface area contributed by atoms with E-state index in [1.54, 1.807) is 0 Å². The van der Waals surface area contributed by atoms with Crippen LogP contribution in [-0.4, -0.2) is 31.2 Å². The zero-order valence-corrected chi connectivity index (χ0v) is 7.20. The standard InChI is InChI=1S/C6H14NO.ClH/c1-5-8-6(2)7(3)4;/h5H2,1-4H3;1H/q+1;/p-1. The highest BCUT2D eigenvalue weighted by Crippen LogP contribution is 1.75. The predicted octanol–water partition coefficient (Wildman–Crippen LogP) is -2.28. The van der Waals surface area contributed by atoms with E-state index in [4.69, 9.17) is 4.74 Å². The zero-order chi connectivity index (χ0) is 6.57. The first kappa shape index (κ1) is 11.5. The van der Waals surface area contributed by atoms with Gasteiger partial charge in [0, 0.05) is 0 Å². The van der Waals surface area contributed by atoms with E-state index in [1.807, 2.05) is 32.5 Å². The van der Waals surface area contributed by atoms with Crippen LogP contribution in [0.3, 0.4) is 0 Å². The Bertz CT molecular complexity index is 97.2. The lowest BCUT2D eigenvalue weighted by molar-refractivity contribution is -0.474. The van der Waals surface area contributed by atoms with Crippen molar-refractivity contribution in [2.45, 2.75) is 13.8 Å². The Balaban J connectivity index is 0. The van der Waals surface area contributed by atoms with Crippen LogP contribution in [0.15, 0.2) is 0 Å². The van der Waals surface area contributed by atoms with E-state index in [0.29, 0.717) is 0 Å². The third kappa shape index (κ3) is 5.63. The van der Waals surface area contributed by atoms with Crippen molar-refractivity contribution in [3.63, 3.8) is 0 Å².